The average molecular weight is 299 g/mol. The number of hydrogen-bond donors (Lipinski definition) is 2. The summed E-state index contributed by atoms with van der Waals surface area (Å²) in [5, 5.41) is 12.6. The zero-order valence-corrected chi connectivity index (χ0v) is 12.6. The maximum atomic E-state index is 11.2. The van der Waals surface area contributed by atoms with E-state index in [0.717, 1.165) is 6.42 Å². The zero-order valence-electron chi connectivity index (χ0n) is 11.8. The number of pyridine rings is 1. The van der Waals surface area contributed by atoms with E-state index in [1.165, 1.54) is 12.1 Å². The third-order valence-electron chi connectivity index (χ3n) is 3.95. The van der Waals surface area contributed by atoms with Gasteiger partial charge < -0.3 is 15.2 Å². The molecule has 1 aliphatic rings. The first-order valence-corrected chi connectivity index (χ1v) is 7.02. The third kappa shape index (κ3) is 2.74. The van der Waals surface area contributed by atoms with Gasteiger partial charge in [0.15, 0.2) is 0 Å². The second-order valence-electron chi connectivity index (χ2n) is 5.53. The Morgan fingerprint density at radius 3 is 2.85 bits per heavy atom. The first-order chi connectivity index (χ1) is 9.36. The van der Waals surface area contributed by atoms with Gasteiger partial charge in [-0.15, -0.1) is 0 Å². The molecule has 0 radical (unpaired) electrons. The van der Waals surface area contributed by atoms with E-state index in [2.05, 4.69) is 24.1 Å². The van der Waals surface area contributed by atoms with Crippen molar-refractivity contribution in [2.75, 3.05) is 11.9 Å². The van der Waals surface area contributed by atoms with E-state index >= 15 is 0 Å². The van der Waals surface area contributed by atoms with Crippen molar-refractivity contribution in [2.45, 2.75) is 39.3 Å². The highest BCUT2D eigenvalue weighted by Crippen LogP contribution is 2.44. The van der Waals surface area contributed by atoms with Gasteiger partial charge in [-0.05, 0) is 25.5 Å². The van der Waals surface area contributed by atoms with Crippen LogP contribution in [0.5, 0.6) is 0 Å². The molecule has 110 valence electrons. The van der Waals surface area contributed by atoms with Crippen molar-refractivity contribution in [3.63, 3.8) is 0 Å². The maximum absolute atomic E-state index is 11.2. The van der Waals surface area contributed by atoms with E-state index in [1.54, 1.807) is 0 Å². The third-order valence-corrected chi connectivity index (χ3v) is 4.16. The Hall–Kier alpha value is -1.33. The minimum Gasteiger partial charge on any atom is -0.478 e. The number of hydrogen-bond acceptors (Lipinski definition) is 4. The van der Waals surface area contributed by atoms with Crippen LogP contribution in [0.1, 0.15) is 37.6 Å². The molecule has 0 saturated heterocycles. The fourth-order valence-electron chi connectivity index (χ4n) is 2.50. The summed E-state index contributed by atoms with van der Waals surface area (Å²) < 4.78 is 5.66. The first-order valence-electron chi connectivity index (χ1n) is 6.64. The lowest BCUT2D eigenvalue weighted by Gasteiger charge is -2.51. The quantitative estimate of drug-likeness (QED) is 0.818. The Morgan fingerprint density at radius 2 is 2.30 bits per heavy atom. The van der Waals surface area contributed by atoms with Crippen molar-refractivity contribution >= 4 is 23.4 Å². The lowest BCUT2D eigenvalue weighted by Crippen LogP contribution is -2.58. The Bertz CT molecular complexity index is 519. The monoisotopic (exact) mass is 298 g/mol. The highest BCUT2D eigenvalue weighted by Gasteiger charge is 2.49. The number of nitrogens with zero attached hydrogens (tertiary/aromatic N) is 1. The summed E-state index contributed by atoms with van der Waals surface area (Å²) >= 11 is 5.85. The number of halogens is 1. The minimum atomic E-state index is -1.02. The lowest BCUT2D eigenvalue weighted by molar-refractivity contribution is -0.0976. The number of ether oxygens (including phenoxy) is 1. The molecule has 0 spiro atoms. The topological polar surface area (TPSA) is 71.5 Å². The van der Waals surface area contributed by atoms with Crippen molar-refractivity contribution in [3.8, 4) is 0 Å². The van der Waals surface area contributed by atoms with Gasteiger partial charge in [0.1, 0.15) is 16.5 Å². The van der Waals surface area contributed by atoms with Gasteiger partial charge in [-0.3, -0.25) is 0 Å². The summed E-state index contributed by atoms with van der Waals surface area (Å²) in [4.78, 5) is 15.3. The Balaban J connectivity index is 2.16. The van der Waals surface area contributed by atoms with Crippen LogP contribution in [0.4, 0.5) is 5.82 Å². The predicted molar refractivity (Wildman–Crippen MR) is 77.4 cm³/mol. The summed E-state index contributed by atoms with van der Waals surface area (Å²) in [5.41, 5.74) is 0.0561. The summed E-state index contributed by atoms with van der Waals surface area (Å²) in [7, 11) is 0. The fraction of sp³-hybridized carbons (Fsp3) is 0.571. The van der Waals surface area contributed by atoms with E-state index in [0.29, 0.717) is 12.4 Å². The van der Waals surface area contributed by atoms with Crippen LogP contribution in [0.15, 0.2) is 12.1 Å². The molecule has 0 bridgehead atoms. The van der Waals surface area contributed by atoms with Crippen LogP contribution in [-0.4, -0.2) is 34.8 Å². The summed E-state index contributed by atoms with van der Waals surface area (Å²) in [6, 6.07) is 3.06. The van der Waals surface area contributed by atoms with E-state index in [1.807, 2.05) is 6.92 Å². The molecule has 20 heavy (non-hydrogen) atoms. The summed E-state index contributed by atoms with van der Waals surface area (Å²) in [6.45, 7) is 6.84. The number of rotatable bonds is 5. The maximum Gasteiger partial charge on any atom is 0.339 e. The van der Waals surface area contributed by atoms with E-state index in [-0.39, 0.29) is 28.3 Å². The van der Waals surface area contributed by atoms with Crippen LogP contribution in [0.2, 0.25) is 5.15 Å². The van der Waals surface area contributed by atoms with Crippen LogP contribution in [0, 0.1) is 5.41 Å². The van der Waals surface area contributed by atoms with Gasteiger partial charge in [-0.2, -0.15) is 0 Å². The number of nitrogens with one attached hydrogen (secondary N) is 1. The van der Waals surface area contributed by atoms with E-state index in [4.69, 9.17) is 16.3 Å². The van der Waals surface area contributed by atoms with Gasteiger partial charge in [-0.1, -0.05) is 25.4 Å². The number of carbonyl (C=O) groups is 1. The molecule has 1 aliphatic carbocycles. The van der Waals surface area contributed by atoms with Gasteiger partial charge >= 0.3 is 5.97 Å². The Kier molecular flexibility index (Phi) is 4.20. The van der Waals surface area contributed by atoms with Crippen LogP contribution in [-0.2, 0) is 4.74 Å². The van der Waals surface area contributed by atoms with Crippen molar-refractivity contribution in [1.82, 2.24) is 4.98 Å². The largest absolute Gasteiger partial charge is 0.478 e. The molecular formula is C14H19ClN2O3. The molecule has 1 saturated carbocycles. The molecule has 6 heteroatoms. The molecule has 1 fully saturated rings. The van der Waals surface area contributed by atoms with Crippen LogP contribution < -0.4 is 5.32 Å². The van der Waals surface area contributed by atoms with Gasteiger partial charge in [-0.25, -0.2) is 9.78 Å². The number of aromatic carboxylic acids is 1. The number of anilines is 1. The van der Waals surface area contributed by atoms with Crippen molar-refractivity contribution in [1.29, 1.82) is 0 Å². The molecule has 2 rings (SSSR count). The zero-order chi connectivity index (χ0) is 14.9. The summed E-state index contributed by atoms with van der Waals surface area (Å²) in [6.07, 6.45) is 1.01. The second kappa shape index (κ2) is 5.58. The van der Waals surface area contributed by atoms with Gasteiger partial charge in [0, 0.05) is 18.1 Å². The second-order valence-corrected chi connectivity index (χ2v) is 5.92. The SMILES string of the molecule is CCOC1CC(Nc2nc(Cl)ccc2C(=O)O)C1(C)C. The molecular weight excluding hydrogens is 280 g/mol. The molecule has 1 aromatic heterocycles. The summed E-state index contributed by atoms with van der Waals surface area (Å²) in [5.74, 6) is -0.701. The highest BCUT2D eigenvalue weighted by molar-refractivity contribution is 6.29. The smallest absolute Gasteiger partial charge is 0.339 e. The molecule has 0 aliphatic heterocycles. The average Bonchev–Trinajstić information content (AvgIpc) is 2.37. The van der Waals surface area contributed by atoms with E-state index < -0.39 is 5.97 Å². The molecule has 1 heterocycles. The van der Waals surface area contributed by atoms with Gasteiger partial charge in [0.25, 0.3) is 0 Å². The molecule has 1 aromatic rings. The normalized spacial score (nSPS) is 24.0. The molecule has 5 nitrogen and oxygen atoms in total. The van der Waals surface area contributed by atoms with E-state index in [9.17, 15) is 9.90 Å². The van der Waals surface area contributed by atoms with Crippen molar-refractivity contribution in [2.24, 2.45) is 5.41 Å². The lowest BCUT2D eigenvalue weighted by atomic mass is 9.64. The Labute approximate surface area is 123 Å². The number of carboxylic acids is 1. The highest BCUT2D eigenvalue weighted by atomic mass is 35.5. The minimum absolute atomic E-state index is 0.0736. The molecule has 0 aromatic carbocycles. The van der Waals surface area contributed by atoms with Gasteiger partial charge in [0.2, 0.25) is 0 Å². The molecule has 0 amide bonds. The predicted octanol–water partition coefficient (Wildman–Crippen LogP) is 3.05. The number of carboxylic acid groups (broad SMARTS) is 1. The standard InChI is InChI=1S/C14H19ClN2O3/c1-4-20-10-7-9(14(10,2)3)16-12-8(13(18)19)5-6-11(15)17-12/h5-6,9-10H,4,7H2,1-3H3,(H,16,17)(H,18,19). The molecule has 2 N–H and O–H groups in total. The van der Waals surface area contributed by atoms with Crippen molar-refractivity contribution < 1.29 is 14.6 Å². The Morgan fingerprint density at radius 1 is 1.60 bits per heavy atom. The van der Waals surface area contributed by atoms with Crippen LogP contribution >= 0.6 is 11.6 Å². The number of aromatic nitrogens is 1. The first kappa shape index (κ1) is 15.1. The van der Waals surface area contributed by atoms with Gasteiger partial charge in [0.05, 0.1) is 6.10 Å². The van der Waals surface area contributed by atoms with Crippen molar-refractivity contribution in [3.05, 3.63) is 22.8 Å². The van der Waals surface area contributed by atoms with Crippen LogP contribution in [0.25, 0.3) is 0 Å². The molecule has 2 unspecified atom stereocenters. The van der Waals surface area contributed by atoms with Crippen LogP contribution in [0.3, 0.4) is 0 Å². The fourth-order valence-corrected chi connectivity index (χ4v) is 2.64. The molecule has 2 atom stereocenters.